The molecule has 1 heterocycles. The zero-order chi connectivity index (χ0) is 20.1. The van der Waals surface area contributed by atoms with Crippen LogP contribution in [0.1, 0.15) is 44.8 Å². The van der Waals surface area contributed by atoms with Crippen molar-refractivity contribution in [3.8, 4) is 0 Å². The maximum Gasteiger partial charge on any atom is 0.257 e. The van der Waals surface area contributed by atoms with E-state index in [0.29, 0.717) is 21.8 Å². The highest BCUT2D eigenvalue weighted by Crippen LogP contribution is 2.21. The maximum absolute atomic E-state index is 12.6. The molecule has 0 radical (unpaired) electrons. The quantitative estimate of drug-likeness (QED) is 0.654. The summed E-state index contributed by atoms with van der Waals surface area (Å²) >= 11 is 6.00. The number of pyridine rings is 1. The van der Waals surface area contributed by atoms with Crippen molar-refractivity contribution in [2.45, 2.75) is 19.9 Å². The van der Waals surface area contributed by atoms with Crippen LogP contribution in [-0.2, 0) is 0 Å². The second kappa shape index (κ2) is 8.67. The molecule has 0 fully saturated rings. The Hall–Kier alpha value is -3.18. The van der Waals surface area contributed by atoms with Gasteiger partial charge >= 0.3 is 0 Å². The van der Waals surface area contributed by atoms with E-state index in [0.717, 1.165) is 11.1 Å². The minimum atomic E-state index is -0.358. The summed E-state index contributed by atoms with van der Waals surface area (Å²) in [6.45, 7) is 3.78. The van der Waals surface area contributed by atoms with E-state index in [1.54, 1.807) is 12.1 Å². The van der Waals surface area contributed by atoms with Gasteiger partial charge in [-0.1, -0.05) is 48.0 Å². The molecule has 3 aromatic rings. The lowest BCUT2D eigenvalue weighted by Gasteiger charge is -2.14. The van der Waals surface area contributed by atoms with Crippen LogP contribution in [0.3, 0.4) is 0 Å². The van der Waals surface area contributed by atoms with E-state index in [9.17, 15) is 9.59 Å². The number of hydrogen-bond acceptors (Lipinski definition) is 3. The highest BCUT2D eigenvalue weighted by atomic mass is 35.5. The molecule has 2 aromatic carbocycles. The summed E-state index contributed by atoms with van der Waals surface area (Å²) in [4.78, 5) is 29.2. The van der Waals surface area contributed by atoms with E-state index in [4.69, 9.17) is 11.6 Å². The molecule has 142 valence electrons. The molecule has 6 heteroatoms. The van der Waals surface area contributed by atoms with E-state index in [-0.39, 0.29) is 17.9 Å². The first-order chi connectivity index (χ1) is 13.4. The van der Waals surface area contributed by atoms with Crippen LogP contribution in [-0.4, -0.2) is 16.8 Å². The average molecular weight is 394 g/mol. The van der Waals surface area contributed by atoms with Crippen molar-refractivity contribution in [2.24, 2.45) is 0 Å². The molecule has 1 aromatic heterocycles. The summed E-state index contributed by atoms with van der Waals surface area (Å²) in [5.74, 6) is -0.652. The summed E-state index contributed by atoms with van der Waals surface area (Å²) < 4.78 is 0. The Bertz CT molecular complexity index is 1010. The van der Waals surface area contributed by atoms with Gasteiger partial charge in [-0.3, -0.25) is 14.6 Å². The maximum atomic E-state index is 12.6. The zero-order valence-corrected chi connectivity index (χ0v) is 16.3. The molecule has 1 unspecified atom stereocenters. The van der Waals surface area contributed by atoms with Gasteiger partial charge in [-0.05, 0) is 43.2 Å². The third-order valence-corrected chi connectivity index (χ3v) is 4.59. The fourth-order valence-corrected chi connectivity index (χ4v) is 2.89. The Morgan fingerprint density at radius 3 is 2.36 bits per heavy atom. The van der Waals surface area contributed by atoms with Gasteiger partial charge in [-0.15, -0.1) is 0 Å². The van der Waals surface area contributed by atoms with Crippen LogP contribution in [0.4, 0.5) is 5.69 Å². The number of carbonyl (C=O) groups is 2. The summed E-state index contributed by atoms with van der Waals surface area (Å²) in [5, 5.41) is 6.25. The minimum Gasteiger partial charge on any atom is -0.345 e. The number of carbonyl (C=O) groups excluding carboxylic acids is 2. The van der Waals surface area contributed by atoms with Gasteiger partial charge < -0.3 is 10.6 Å². The third kappa shape index (κ3) is 4.75. The first-order valence-corrected chi connectivity index (χ1v) is 9.20. The number of aryl methyl sites for hydroxylation is 1. The van der Waals surface area contributed by atoms with Crippen LogP contribution >= 0.6 is 11.6 Å². The van der Waals surface area contributed by atoms with Gasteiger partial charge in [0.15, 0.2) is 0 Å². The molecule has 5 nitrogen and oxygen atoms in total. The topological polar surface area (TPSA) is 71.1 Å². The number of rotatable bonds is 5. The average Bonchev–Trinajstić information content (AvgIpc) is 2.71. The van der Waals surface area contributed by atoms with Gasteiger partial charge in [0, 0.05) is 23.1 Å². The molecule has 0 saturated heterocycles. The molecule has 2 N–H and O–H groups in total. The largest absolute Gasteiger partial charge is 0.345 e. The molecule has 2 amide bonds. The number of nitrogens with zero attached hydrogens (tertiary/aromatic N) is 1. The number of anilines is 1. The van der Waals surface area contributed by atoms with Crippen molar-refractivity contribution in [3.63, 3.8) is 0 Å². The number of aromatic nitrogens is 1. The smallest absolute Gasteiger partial charge is 0.257 e. The minimum absolute atomic E-state index is 0.166. The molecular formula is C22H20ClN3O2. The second-order valence-corrected chi connectivity index (χ2v) is 6.92. The van der Waals surface area contributed by atoms with Crippen LogP contribution in [0.15, 0.2) is 67.0 Å². The second-order valence-electron chi connectivity index (χ2n) is 6.48. The molecular weight excluding hydrogens is 374 g/mol. The Labute approximate surface area is 168 Å². The van der Waals surface area contributed by atoms with Gasteiger partial charge in [0.05, 0.1) is 17.2 Å². The summed E-state index contributed by atoms with van der Waals surface area (Å²) in [6, 6.07) is 16.3. The van der Waals surface area contributed by atoms with Crippen molar-refractivity contribution < 1.29 is 9.59 Å². The number of benzene rings is 2. The van der Waals surface area contributed by atoms with Crippen molar-refractivity contribution in [1.29, 1.82) is 0 Å². The van der Waals surface area contributed by atoms with E-state index < -0.39 is 0 Å². The van der Waals surface area contributed by atoms with Gasteiger partial charge in [0.25, 0.3) is 11.8 Å². The lowest BCUT2D eigenvalue weighted by atomic mass is 10.1. The van der Waals surface area contributed by atoms with Crippen LogP contribution < -0.4 is 10.6 Å². The molecule has 0 aliphatic heterocycles. The van der Waals surface area contributed by atoms with Gasteiger partial charge in [0.1, 0.15) is 0 Å². The predicted molar refractivity (Wildman–Crippen MR) is 111 cm³/mol. The molecule has 1 atom stereocenters. The standard InChI is InChI=1S/C22H20ClN3O2/c1-14-8-9-19(23)11-20(14)26-22(28)18-10-17(12-24-13-18)21(27)25-15(2)16-6-4-3-5-7-16/h3-13,15H,1-2H3,(H,25,27)(H,26,28). The van der Waals surface area contributed by atoms with E-state index >= 15 is 0 Å². The highest BCUT2D eigenvalue weighted by molar-refractivity contribution is 6.31. The predicted octanol–water partition coefficient (Wildman–Crippen LogP) is 4.79. The number of nitrogens with one attached hydrogen (secondary N) is 2. The van der Waals surface area contributed by atoms with Crippen LogP contribution in [0.5, 0.6) is 0 Å². The first kappa shape index (κ1) is 19.6. The Balaban J connectivity index is 1.73. The molecule has 0 aliphatic rings. The number of amides is 2. The normalized spacial score (nSPS) is 11.5. The lowest BCUT2D eigenvalue weighted by Crippen LogP contribution is -2.27. The SMILES string of the molecule is Cc1ccc(Cl)cc1NC(=O)c1cncc(C(=O)NC(C)c2ccccc2)c1. The fourth-order valence-electron chi connectivity index (χ4n) is 2.72. The zero-order valence-electron chi connectivity index (χ0n) is 15.6. The van der Waals surface area contributed by atoms with E-state index in [2.05, 4.69) is 15.6 Å². The first-order valence-electron chi connectivity index (χ1n) is 8.82. The van der Waals surface area contributed by atoms with Gasteiger partial charge in [0.2, 0.25) is 0 Å². The van der Waals surface area contributed by atoms with Crippen molar-refractivity contribution >= 4 is 29.1 Å². The molecule has 0 bridgehead atoms. The lowest BCUT2D eigenvalue weighted by molar-refractivity contribution is 0.0939. The molecule has 28 heavy (non-hydrogen) atoms. The number of hydrogen-bond donors (Lipinski definition) is 2. The van der Waals surface area contributed by atoms with Gasteiger partial charge in [-0.2, -0.15) is 0 Å². The molecule has 3 rings (SSSR count). The van der Waals surface area contributed by atoms with Gasteiger partial charge in [-0.25, -0.2) is 0 Å². The highest BCUT2D eigenvalue weighted by Gasteiger charge is 2.15. The van der Waals surface area contributed by atoms with Crippen LogP contribution in [0.2, 0.25) is 5.02 Å². The summed E-state index contributed by atoms with van der Waals surface area (Å²) in [7, 11) is 0. The van der Waals surface area contributed by atoms with E-state index in [1.807, 2.05) is 50.2 Å². The van der Waals surface area contributed by atoms with E-state index in [1.165, 1.54) is 18.5 Å². The monoisotopic (exact) mass is 393 g/mol. The van der Waals surface area contributed by atoms with Crippen molar-refractivity contribution in [2.75, 3.05) is 5.32 Å². The van der Waals surface area contributed by atoms with Crippen molar-refractivity contribution in [3.05, 3.63) is 94.3 Å². The fraction of sp³-hybridized carbons (Fsp3) is 0.136. The third-order valence-electron chi connectivity index (χ3n) is 4.36. The number of halogens is 1. The Kier molecular flexibility index (Phi) is 6.06. The molecule has 0 spiro atoms. The molecule has 0 aliphatic carbocycles. The Morgan fingerprint density at radius 2 is 1.64 bits per heavy atom. The Morgan fingerprint density at radius 1 is 0.964 bits per heavy atom. The molecule has 0 saturated carbocycles. The summed E-state index contributed by atoms with van der Waals surface area (Å²) in [5.41, 5.74) is 3.10. The summed E-state index contributed by atoms with van der Waals surface area (Å²) in [6.07, 6.45) is 2.86. The van der Waals surface area contributed by atoms with Crippen LogP contribution in [0, 0.1) is 6.92 Å². The van der Waals surface area contributed by atoms with Crippen molar-refractivity contribution in [1.82, 2.24) is 10.3 Å². The van der Waals surface area contributed by atoms with Crippen LogP contribution in [0.25, 0.3) is 0 Å².